The van der Waals surface area contributed by atoms with E-state index in [0.29, 0.717) is 18.8 Å². The van der Waals surface area contributed by atoms with Gasteiger partial charge in [0.1, 0.15) is 18.2 Å². The van der Waals surface area contributed by atoms with E-state index in [1.807, 2.05) is 42.1 Å². The first-order valence-corrected chi connectivity index (χ1v) is 11.0. The van der Waals surface area contributed by atoms with Crippen LogP contribution in [0.5, 0.6) is 5.75 Å². The molecule has 0 saturated carbocycles. The summed E-state index contributed by atoms with van der Waals surface area (Å²) in [5, 5.41) is 1.01. The third-order valence-electron chi connectivity index (χ3n) is 4.98. The van der Waals surface area contributed by atoms with E-state index in [2.05, 4.69) is 9.97 Å². The Balaban J connectivity index is 1.19. The van der Waals surface area contributed by atoms with Gasteiger partial charge in [-0.1, -0.05) is 23.9 Å². The molecule has 1 aromatic carbocycles. The zero-order valence-corrected chi connectivity index (χ0v) is 17.7. The molecule has 3 aromatic rings. The molecule has 2 aromatic heterocycles. The molecule has 0 spiro atoms. The average Bonchev–Trinajstić information content (AvgIpc) is 3.42. The third-order valence-corrected chi connectivity index (χ3v) is 6.04. The van der Waals surface area contributed by atoms with Gasteiger partial charge in [-0.2, -0.15) is 4.73 Å². The van der Waals surface area contributed by atoms with Gasteiger partial charge in [-0.05, 0) is 24.1 Å². The predicted molar refractivity (Wildman–Crippen MR) is 114 cm³/mol. The molecular formula is C21H25N5O3S. The lowest BCUT2D eigenvalue weighted by molar-refractivity contribution is -0.0000188. The van der Waals surface area contributed by atoms with Crippen molar-refractivity contribution in [1.82, 2.24) is 24.2 Å². The Bertz CT molecular complexity index is 934. The first kappa shape index (κ1) is 20.3. The van der Waals surface area contributed by atoms with Crippen LogP contribution in [0, 0.1) is 0 Å². The normalized spacial score (nSPS) is 14.6. The molecule has 3 heterocycles. The van der Waals surface area contributed by atoms with E-state index < -0.39 is 0 Å². The summed E-state index contributed by atoms with van der Waals surface area (Å²) in [6.45, 7) is 1.22. The average molecular weight is 428 g/mol. The second-order valence-corrected chi connectivity index (χ2v) is 8.21. The minimum absolute atomic E-state index is 0.0752. The molecule has 0 radical (unpaired) electrons. The van der Waals surface area contributed by atoms with Gasteiger partial charge >= 0.3 is 6.09 Å². The highest BCUT2D eigenvalue weighted by molar-refractivity contribution is 7.99. The van der Waals surface area contributed by atoms with E-state index in [-0.39, 0.29) is 12.2 Å². The quantitative estimate of drug-likeness (QED) is 0.540. The van der Waals surface area contributed by atoms with Crippen LogP contribution in [0.15, 0.2) is 60.5 Å². The van der Waals surface area contributed by atoms with Gasteiger partial charge in [-0.15, -0.1) is 0 Å². The summed E-state index contributed by atoms with van der Waals surface area (Å²) in [7, 11) is 1.99. The Hall–Kier alpha value is -2.94. The van der Waals surface area contributed by atoms with Crippen molar-refractivity contribution in [3.8, 4) is 5.75 Å². The number of thioether (sulfide) groups is 1. The molecule has 9 heteroatoms. The molecule has 1 aliphatic heterocycles. The summed E-state index contributed by atoms with van der Waals surface area (Å²) in [5.74, 6) is 1.51. The number of hydrogen-bond donors (Lipinski definition) is 0. The van der Waals surface area contributed by atoms with Crippen LogP contribution in [0.3, 0.4) is 0 Å². The summed E-state index contributed by atoms with van der Waals surface area (Å²) in [4.78, 5) is 28.2. The molecule has 1 fully saturated rings. The van der Waals surface area contributed by atoms with Gasteiger partial charge in [0.15, 0.2) is 5.16 Å². The molecule has 0 bridgehead atoms. The summed E-state index contributed by atoms with van der Waals surface area (Å²) < 4.78 is 9.16. The summed E-state index contributed by atoms with van der Waals surface area (Å²) in [6.07, 6.45) is 11.0. The fourth-order valence-electron chi connectivity index (χ4n) is 3.27. The van der Waals surface area contributed by atoms with Crippen LogP contribution in [0.1, 0.15) is 18.4 Å². The standard InChI is InChI=1S/C21H25N5O3S/c1-24-13-10-23-20(24)30-15-8-17-2-4-18(5-3-17)28-21(27)25-11-6-19(7-12-25)29-26-14-9-22-16-26/h2-5,9-10,13-14,16,19H,6-8,11-12,15H2,1H3. The molecule has 0 atom stereocenters. The lowest BCUT2D eigenvalue weighted by atomic mass is 10.1. The summed E-state index contributed by atoms with van der Waals surface area (Å²) in [6, 6.07) is 7.72. The molecule has 158 valence electrons. The molecule has 4 rings (SSSR count). The van der Waals surface area contributed by atoms with Gasteiger partial charge in [0.2, 0.25) is 0 Å². The fourth-order valence-corrected chi connectivity index (χ4v) is 4.19. The maximum atomic E-state index is 12.4. The van der Waals surface area contributed by atoms with Gasteiger partial charge in [0.25, 0.3) is 0 Å². The highest BCUT2D eigenvalue weighted by Gasteiger charge is 2.25. The Labute approximate surface area is 179 Å². The first-order valence-electron chi connectivity index (χ1n) is 9.98. The number of hydrogen-bond acceptors (Lipinski definition) is 6. The van der Waals surface area contributed by atoms with E-state index in [9.17, 15) is 4.79 Å². The van der Waals surface area contributed by atoms with Crippen LogP contribution in [0.4, 0.5) is 4.79 Å². The van der Waals surface area contributed by atoms with Crippen molar-refractivity contribution in [2.24, 2.45) is 7.05 Å². The number of carbonyl (C=O) groups excluding carboxylic acids is 1. The van der Waals surface area contributed by atoms with E-state index in [0.717, 1.165) is 30.2 Å². The number of amides is 1. The number of aromatic nitrogens is 4. The Morgan fingerprint density at radius 3 is 2.63 bits per heavy atom. The molecule has 0 aliphatic carbocycles. The van der Waals surface area contributed by atoms with Crippen LogP contribution in [0.25, 0.3) is 0 Å². The minimum Gasteiger partial charge on any atom is -0.410 e. The maximum absolute atomic E-state index is 12.4. The van der Waals surface area contributed by atoms with Crippen molar-refractivity contribution < 1.29 is 14.4 Å². The highest BCUT2D eigenvalue weighted by Crippen LogP contribution is 2.19. The Morgan fingerprint density at radius 1 is 1.17 bits per heavy atom. The van der Waals surface area contributed by atoms with Crippen molar-refractivity contribution in [2.45, 2.75) is 30.5 Å². The largest absolute Gasteiger partial charge is 0.415 e. The zero-order chi connectivity index (χ0) is 20.8. The zero-order valence-electron chi connectivity index (χ0n) is 16.9. The molecule has 1 saturated heterocycles. The van der Waals surface area contributed by atoms with Crippen molar-refractivity contribution in [1.29, 1.82) is 0 Å². The highest BCUT2D eigenvalue weighted by atomic mass is 32.2. The van der Waals surface area contributed by atoms with Crippen LogP contribution in [0.2, 0.25) is 0 Å². The number of ether oxygens (including phenoxy) is 1. The van der Waals surface area contributed by atoms with Gasteiger partial charge in [0.05, 0.1) is 6.20 Å². The maximum Gasteiger partial charge on any atom is 0.415 e. The van der Waals surface area contributed by atoms with Crippen molar-refractivity contribution in [3.63, 3.8) is 0 Å². The van der Waals surface area contributed by atoms with Crippen molar-refractivity contribution in [2.75, 3.05) is 18.8 Å². The topological polar surface area (TPSA) is 74.4 Å². The number of likely N-dealkylation sites (tertiary alicyclic amines) is 1. The number of aryl methyl sites for hydroxylation is 2. The fraction of sp³-hybridized carbons (Fsp3) is 0.381. The molecule has 8 nitrogen and oxygen atoms in total. The number of piperidine rings is 1. The summed E-state index contributed by atoms with van der Waals surface area (Å²) >= 11 is 1.73. The Kier molecular flexibility index (Phi) is 6.58. The van der Waals surface area contributed by atoms with Crippen LogP contribution in [-0.4, -0.2) is 55.2 Å². The lowest BCUT2D eigenvalue weighted by Crippen LogP contribution is -2.44. The van der Waals surface area contributed by atoms with Gasteiger partial charge in [0, 0.05) is 57.3 Å². The molecule has 1 amide bonds. The number of carbonyl (C=O) groups is 1. The van der Waals surface area contributed by atoms with Gasteiger partial charge < -0.3 is 19.0 Å². The van der Waals surface area contributed by atoms with E-state index in [1.54, 1.807) is 46.3 Å². The second kappa shape index (κ2) is 9.71. The smallest absolute Gasteiger partial charge is 0.410 e. The van der Waals surface area contributed by atoms with Crippen LogP contribution < -0.4 is 9.57 Å². The van der Waals surface area contributed by atoms with Crippen LogP contribution in [-0.2, 0) is 13.5 Å². The molecular weight excluding hydrogens is 402 g/mol. The number of benzene rings is 1. The first-order chi connectivity index (χ1) is 14.7. The van der Waals surface area contributed by atoms with E-state index >= 15 is 0 Å². The van der Waals surface area contributed by atoms with Gasteiger partial charge in [-0.3, -0.25) is 0 Å². The molecule has 0 N–H and O–H groups in total. The van der Waals surface area contributed by atoms with Crippen molar-refractivity contribution in [3.05, 3.63) is 60.9 Å². The predicted octanol–water partition coefficient (Wildman–Crippen LogP) is 3.04. The SMILES string of the molecule is Cn1ccnc1SCCc1ccc(OC(=O)N2CCC(On3ccnc3)CC2)cc1. The monoisotopic (exact) mass is 427 g/mol. The molecule has 30 heavy (non-hydrogen) atoms. The third kappa shape index (κ3) is 5.35. The van der Waals surface area contributed by atoms with Crippen LogP contribution >= 0.6 is 11.8 Å². The van der Waals surface area contributed by atoms with E-state index in [4.69, 9.17) is 9.57 Å². The Morgan fingerprint density at radius 2 is 1.97 bits per heavy atom. The van der Waals surface area contributed by atoms with Gasteiger partial charge in [-0.25, -0.2) is 14.8 Å². The number of imidazole rings is 2. The number of rotatable bonds is 7. The van der Waals surface area contributed by atoms with Crippen molar-refractivity contribution >= 4 is 17.9 Å². The second-order valence-electron chi connectivity index (χ2n) is 7.15. The van der Waals surface area contributed by atoms with E-state index in [1.165, 1.54) is 5.56 Å². The molecule has 0 unspecified atom stereocenters. The molecule has 1 aliphatic rings. The number of nitrogens with zero attached hydrogens (tertiary/aromatic N) is 5. The summed E-state index contributed by atoms with van der Waals surface area (Å²) in [5.41, 5.74) is 1.20. The lowest BCUT2D eigenvalue weighted by Gasteiger charge is -2.31. The minimum atomic E-state index is -0.311.